The molecule has 1 saturated heterocycles. The highest BCUT2D eigenvalue weighted by molar-refractivity contribution is 7.89. The first-order valence-electron chi connectivity index (χ1n) is 9.09. The topological polar surface area (TPSA) is 67.9 Å². The predicted octanol–water partition coefficient (Wildman–Crippen LogP) is 3.53. The Morgan fingerprint density at radius 3 is 2.18 bits per heavy atom. The highest BCUT2D eigenvalue weighted by Crippen LogP contribution is 2.27. The van der Waals surface area contributed by atoms with E-state index in [0.717, 1.165) is 25.1 Å². The van der Waals surface area contributed by atoms with Crippen LogP contribution in [0.2, 0.25) is 0 Å². The van der Waals surface area contributed by atoms with E-state index in [0.29, 0.717) is 35.4 Å². The van der Waals surface area contributed by atoms with E-state index >= 15 is 0 Å². The van der Waals surface area contributed by atoms with Crippen molar-refractivity contribution in [1.82, 2.24) is 9.62 Å². The molecule has 2 aromatic rings. The highest BCUT2D eigenvalue weighted by Gasteiger charge is 2.29. The first-order chi connectivity index (χ1) is 13.0. The summed E-state index contributed by atoms with van der Waals surface area (Å²) in [5, 5.41) is 3.14. The molecular weight excluding hydrogens is 400 g/mol. The number of nitrogens with one attached hydrogen (secondary N) is 1. The van der Waals surface area contributed by atoms with Gasteiger partial charge < -0.3 is 14.8 Å². The highest BCUT2D eigenvalue weighted by atomic mass is 35.5. The van der Waals surface area contributed by atoms with Gasteiger partial charge in [0, 0.05) is 13.1 Å². The minimum absolute atomic E-state index is 0. The summed E-state index contributed by atoms with van der Waals surface area (Å²) in [5.41, 5.74) is 0. The Bertz CT molecular complexity index is 840. The number of piperidine rings is 1. The Hall–Kier alpha value is -1.80. The fourth-order valence-electron chi connectivity index (χ4n) is 3.31. The molecule has 2 aromatic carbocycles. The van der Waals surface area contributed by atoms with Gasteiger partial charge in [0.15, 0.2) is 0 Å². The summed E-state index contributed by atoms with van der Waals surface area (Å²) in [6, 6.07) is 13.8. The molecule has 0 spiro atoms. The Morgan fingerprint density at radius 2 is 1.61 bits per heavy atom. The molecule has 6 nitrogen and oxygen atoms in total. The van der Waals surface area contributed by atoms with Gasteiger partial charge in [-0.1, -0.05) is 0 Å². The first-order valence-corrected chi connectivity index (χ1v) is 10.5. The zero-order valence-corrected chi connectivity index (χ0v) is 17.8. The van der Waals surface area contributed by atoms with Crippen molar-refractivity contribution >= 4 is 22.4 Å². The lowest BCUT2D eigenvalue weighted by atomic mass is 10.00. The van der Waals surface area contributed by atoms with Crippen LogP contribution in [-0.2, 0) is 10.0 Å². The summed E-state index contributed by atoms with van der Waals surface area (Å²) in [6.45, 7) is 1.97. The average Bonchev–Trinajstić information content (AvgIpc) is 2.69. The predicted molar refractivity (Wildman–Crippen MR) is 112 cm³/mol. The summed E-state index contributed by atoms with van der Waals surface area (Å²) in [4.78, 5) is 0.301. The van der Waals surface area contributed by atoms with E-state index in [2.05, 4.69) is 5.32 Å². The zero-order valence-electron chi connectivity index (χ0n) is 16.1. The third kappa shape index (κ3) is 5.38. The molecule has 0 radical (unpaired) electrons. The van der Waals surface area contributed by atoms with Crippen molar-refractivity contribution in [3.63, 3.8) is 0 Å². The quantitative estimate of drug-likeness (QED) is 0.733. The van der Waals surface area contributed by atoms with Gasteiger partial charge in [-0.25, -0.2) is 8.42 Å². The lowest BCUT2D eigenvalue weighted by Gasteiger charge is -2.31. The number of halogens is 1. The number of nitrogens with zero attached hydrogens (tertiary/aromatic N) is 1. The molecule has 0 aromatic heterocycles. The molecule has 1 N–H and O–H groups in total. The van der Waals surface area contributed by atoms with Crippen molar-refractivity contribution in [2.75, 3.05) is 33.8 Å². The number of benzene rings is 2. The van der Waals surface area contributed by atoms with Crippen LogP contribution in [0.25, 0.3) is 0 Å². The average molecular weight is 427 g/mol. The number of hydrogen-bond donors (Lipinski definition) is 1. The second-order valence-corrected chi connectivity index (χ2v) is 8.62. The standard InChI is InChI=1S/C20H26N2O4S.ClH/c1-21-14-16-4-3-13-22(15-16)27(23,24)20-11-9-19(10-12-20)26-18-7-5-17(25-2)6-8-18;/h5-12,16,21H,3-4,13-15H2,1-2H3;1H. The van der Waals surface area contributed by atoms with Crippen LogP contribution in [0, 0.1) is 5.92 Å². The van der Waals surface area contributed by atoms with E-state index in [9.17, 15) is 8.42 Å². The van der Waals surface area contributed by atoms with Crippen LogP contribution in [0.5, 0.6) is 17.2 Å². The van der Waals surface area contributed by atoms with Crippen molar-refractivity contribution in [1.29, 1.82) is 0 Å². The minimum Gasteiger partial charge on any atom is -0.497 e. The molecule has 0 saturated carbocycles. The van der Waals surface area contributed by atoms with Gasteiger partial charge in [0.05, 0.1) is 12.0 Å². The molecule has 154 valence electrons. The van der Waals surface area contributed by atoms with Crippen LogP contribution in [0.1, 0.15) is 12.8 Å². The van der Waals surface area contributed by atoms with Crippen LogP contribution in [0.4, 0.5) is 0 Å². The van der Waals surface area contributed by atoms with Crippen LogP contribution in [0.3, 0.4) is 0 Å². The fourth-order valence-corrected chi connectivity index (χ4v) is 4.86. The summed E-state index contributed by atoms with van der Waals surface area (Å²) >= 11 is 0. The van der Waals surface area contributed by atoms with Crippen molar-refractivity contribution in [2.24, 2.45) is 5.92 Å². The summed E-state index contributed by atoms with van der Waals surface area (Å²) in [7, 11) is 0.0288. The van der Waals surface area contributed by atoms with Gasteiger partial charge in [0.1, 0.15) is 17.2 Å². The lowest BCUT2D eigenvalue weighted by molar-refractivity contribution is 0.263. The maximum atomic E-state index is 12.9. The molecule has 0 amide bonds. The smallest absolute Gasteiger partial charge is 0.243 e. The molecule has 1 heterocycles. The normalized spacial score (nSPS) is 17.6. The van der Waals surface area contributed by atoms with E-state index in [4.69, 9.17) is 9.47 Å². The number of sulfonamides is 1. The molecule has 3 rings (SSSR count). The van der Waals surface area contributed by atoms with E-state index in [-0.39, 0.29) is 12.4 Å². The van der Waals surface area contributed by atoms with Crippen molar-refractivity contribution in [3.05, 3.63) is 48.5 Å². The number of methoxy groups -OCH3 is 1. The van der Waals surface area contributed by atoms with E-state index < -0.39 is 10.0 Å². The van der Waals surface area contributed by atoms with Crippen LogP contribution >= 0.6 is 12.4 Å². The maximum Gasteiger partial charge on any atom is 0.243 e. The Labute approximate surface area is 173 Å². The Morgan fingerprint density at radius 1 is 1.04 bits per heavy atom. The fraction of sp³-hybridized carbons (Fsp3) is 0.400. The molecule has 1 atom stereocenters. The SMILES string of the molecule is CNCC1CCCN(S(=O)(=O)c2ccc(Oc3ccc(OC)cc3)cc2)C1.Cl. The van der Waals surface area contributed by atoms with E-state index in [1.807, 2.05) is 19.2 Å². The maximum absolute atomic E-state index is 12.9. The van der Waals surface area contributed by atoms with Crippen molar-refractivity contribution < 1.29 is 17.9 Å². The van der Waals surface area contributed by atoms with Gasteiger partial charge >= 0.3 is 0 Å². The third-order valence-electron chi connectivity index (χ3n) is 4.73. The number of ether oxygens (including phenoxy) is 2. The lowest BCUT2D eigenvalue weighted by Crippen LogP contribution is -2.42. The molecule has 1 aliphatic rings. The monoisotopic (exact) mass is 426 g/mol. The summed E-state index contributed by atoms with van der Waals surface area (Å²) in [5.74, 6) is 2.36. The van der Waals surface area contributed by atoms with Gasteiger partial charge in [0.25, 0.3) is 0 Å². The van der Waals surface area contributed by atoms with Gasteiger partial charge in [-0.3, -0.25) is 0 Å². The van der Waals surface area contributed by atoms with Crippen LogP contribution in [0.15, 0.2) is 53.4 Å². The number of rotatable bonds is 7. The van der Waals surface area contributed by atoms with Gasteiger partial charge in [-0.15, -0.1) is 12.4 Å². The minimum atomic E-state index is -3.48. The Balaban J connectivity index is 0.00000280. The van der Waals surface area contributed by atoms with E-state index in [1.54, 1.807) is 47.8 Å². The van der Waals surface area contributed by atoms with Gasteiger partial charge in [-0.2, -0.15) is 4.31 Å². The molecule has 1 fully saturated rings. The Kier molecular flexibility index (Phi) is 8.12. The zero-order chi connectivity index (χ0) is 19.3. The molecule has 1 unspecified atom stereocenters. The summed E-state index contributed by atoms with van der Waals surface area (Å²) < 4.78 is 38.3. The van der Waals surface area contributed by atoms with Gasteiger partial charge in [0.2, 0.25) is 10.0 Å². The summed E-state index contributed by atoms with van der Waals surface area (Å²) in [6.07, 6.45) is 1.95. The molecular formula is C20H27ClN2O4S. The molecule has 1 aliphatic heterocycles. The molecule has 8 heteroatoms. The van der Waals surface area contributed by atoms with Crippen LogP contribution in [-0.4, -0.2) is 46.5 Å². The van der Waals surface area contributed by atoms with Crippen LogP contribution < -0.4 is 14.8 Å². The van der Waals surface area contributed by atoms with Crippen molar-refractivity contribution in [2.45, 2.75) is 17.7 Å². The van der Waals surface area contributed by atoms with Gasteiger partial charge in [-0.05, 0) is 80.9 Å². The third-order valence-corrected chi connectivity index (χ3v) is 6.61. The second-order valence-electron chi connectivity index (χ2n) is 6.68. The largest absolute Gasteiger partial charge is 0.497 e. The molecule has 0 aliphatic carbocycles. The molecule has 28 heavy (non-hydrogen) atoms. The first kappa shape index (κ1) is 22.5. The van der Waals surface area contributed by atoms with Crippen molar-refractivity contribution in [3.8, 4) is 17.2 Å². The second kappa shape index (κ2) is 10.1. The number of hydrogen-bond acceptors (Lipinski definition) is 5. The molecule has 0 bridgehead atoms. The van der Waals surface area contributed by atoms with E-state index in [1.165, 1.54) is 0 Å².